The predicted molar refractivity (Wildman–Crippen MR) is 78.5 cm³/mol. The first-order valence-corrected chi connectivity index (χ1v) is 7.26. The van der Waals surface area contributed by atoms with Crippen LogP contribution in [0.25, 0.3) is 0 Å². The molecule has 0 bridgehead atoms. The quantitative estimate of drug-likeness (QED) is 0.591. The standard InChI is InChI=1S/C15H34N2/c1-7-8-9-10-17(6)13-15(4,5)12-16-11-14(2)3/h14,16H,7-13H2,1-6H3. The highest BCUT2D eigenvalue weighted by molar-refractivity contribution is 4.75. The fourth-order valence-corrected chi connectivity index (χ4v) is 2.20. The Kier molecular flexibility index (Phi) is 8.89. The molecule has 0 rings (SSSR count). The van der Waals surface area contributed by atoms with Gasteiger partial charge in [0, 0.05) is 13.1 Å². The summed E-state index contributed by atoms with van der Waals surface area (Å²) in [4.78, 5) is 2.48. The lowest BCUT2D eigenvalue weighted by atomic mass is 9.92. The Morgan fingerprint density at radius 1 is 1.18 bits per heavy atom. The SMILES string of the molecule is CCCCCN(C)CC(C)(C)CNCC(C)C. The minimum Gasteiger partial charge on any atom is -0.316 e. The van der Waals surface area contributed by atoms with Crippen LogP contribution in [0.4, 0.5) is 0 Å². The van der Waals surface area contributed by atoms with E-state index in [4.69, 9.17) is 0 Å². The van der Waals surface area contributed by atoms with Crippen LogP contribution in [-0.2, 0) is 0 Å². The maximum atomic E-state index is 3.57. The van der Waals surface area contributed by atoms with E-state index in [-0.39, 0.29) is 0 Å². The maximum Gasteiger partial charge on any atom is 0.00418 e. The van der Waals surface area contributed by atoms with Gasteiger partial charge in [0.15, 0.2) is 0 Å². The molecular weight excluding hydrogens is 208 g/mol. The van der Waals surface area contributed by atoms with E-state index in [1.165, 1.54) is 32.4 Å². The third kappa shape index (κ3) is 10.8. The van der Waals surface area contributed by atoms with Crippen LogP contribution in [0.15, 0.2) is 0 Å². The third-order valence-corrected chi connectivity index (χ3v) is 3.00. The van der Waals surface area contributed by atoms with Crippen LogP contribution in [0, 0.1) is 11.3 Å². The van der Waals surface area contributed by atoms with E-state index < -0.39 is 0 Å². The van der Waals surface area contributed by atoms with Gasteiger partial charge in [-0.15, -0.1) is 0 Å². The second kappa shape index (κ2) is 8.93. The molecule has 0 fully saturated rings. The molecule has 0 aliphatic carbocycles. The monoisotopic (exact) mass is 242 g/mol. The molecule has 2 nitrogen and oxygen atoms in total. The second-order valence-corrected chi connectivity index (χ2v) is 6.63. The van der Waals surface area contributed by atoms with Gasteiger partial charge in [-0.05, 0) is 37.9 Å². The third-order valence-electron chi connectivity index (χ3n) is 3.00. The van der Waals surface area contributed by atoms with Crippen molar-refractivity contribution in [2.75, 3.05) is 33.2 Å². The molecule has 17 heavy (non-hydrogen) atoms. The van der Waals surface area contributed by atoms with Crippen molar-refractivity contribution in [2.45, 2.75) is 53.9 Å². The highest BCUT2D eigenvalue weighted by Crippen LogP contribution is 2.15. The van der Waals surface area contributed by atoms with E-state index in [0.29, 0.717) is 5.41 Å². The number of rotatable bonds is 10. The maximum absolute atomic E-state index is 3.57. The van der Waals surface area contributed by atoms with E-state index in [9.17, 15) is 0 Å². The van der Waals surface area contributed by atoms with Crippen LogP contribution in [0.2, 0.25) is 0 Å². The van der Waals surface area contributed by atoms with Gasteiger partial charge >= 0.3 is 0 Å². The smallest absolute Gasteiger partial charge is 0.00418 e. The van der Waals surface area contributed by atoms with E-state index in [2.05, 4.69) is 51.9 Å². The fraction of sp³-hybridized carbons (Fsp3) is 1.00. The number of hydrogen-bond donors (Lipinski definition) is 1. The first-order chi connectivity index (χ1) is 7.87. The first kappa shape index (κ1) is 16.9. The molecule has 0 aromatic rings. The summed E-state index contributed by atoms with van der Waals surface area (Å²) >= 11 is 0. The van der Waals surface area contributed by atoms with E-state index >= 15 is 0 Å². The molecule has 0 aromatic heterocycles. The van der Waals surface area contributed by atoms with Gasteiger partial charge in [0.1, 0.15) is 0 Å². The molecule has 0 atom stereocenters. The Balaban J connectivity index is 3.73. The molecule has 0 radical (unpaired) electrons. The van der Waals surface area contributed by atoms with Gasteiger partial charge < -0.3 is 10.2 Å². The van der Waals surface area contributed by atoms with Crippen LogP contribution in [0.5, 0.6) is 0 Å². The summed E-state index contributed by atoms with van der Waals surface area (Å²) in [5.74, 6) is 0.744. The van der Waals surface area contributed by atoms with Crippen molar-refractivity contribution in [3.63, 3.8) is 0 Å². The van der Waals surface area contributed by atoms with Crippen molar-refractivity contribution < 1.29 is 0 Å². The number of hydrogen-bond acceptors (Lipinski definition) is 2. The largest absolute Gasteiger partial charge is 0.316 e. The minimum absolute atomic E-state index is 0.371. The van der Waals surface area contributed by atoms with Crippen molar-refractivity contribution in [3.05, 3.63) is 0 Å². The molecule has 104 valence electrons. The van der Waals surface area contributed by atoms with Gasteiger partial charge in [-0.3, -0.25) is 0 Å². The number of unbranched alkanes of at least 4 members (excludes halogenated alkanes) is 2. The van der Waals surface area contributed by atoms with E-state index in [0.717, 1.165) is 19.0 Å². The molecule has 0 saturated heterocycles. The highest BCUT2D eigenvalue weighted by Gasteiger charge is 2.19. The summed E-state index contributed by atoms with van der Waals surface area (Å²) < 4.78 is 0. The molecule has 2 heteroatoms. The molecule has 1 N–H and O–H groups in total. The van der Waals surface area contributed by atoms with Gasteiger partial charge in [-0.1, -0.05) is 47.5 Å². The molecule has 0 aliphatic heterocycles. The van der Waals surface area contributed by atoms with Gasteiger partial charge in [0.2, 0.25) is 0 Å². The first-order valence-electron chi connectivity index (χ1n) is 7.26. The zero-order valence-electron chi connectivity index (χ0n) is 13.0. The van der Waals surface area contributed by atoms with Crippen molar-refractivity contribution in [1.29, 1.82) is 0 Å². The van der Waals surface area contributed by atoms with Gasteiger partial charge in [0.05, 0.1) is 0 Å². The normalized spacial score (nSPS) is 12.7. The van der Waals surface area contributed by atoms with Crippen molar-refractivity contribution in [3.8, 4) is 0 Å². The van der Waals surface area contributed by atoms with E-state index in [1.54, 1.807) is 0 Å². The Morgan fingerprint density at radius 2 is 1.82 bits per heavy atom. The molecule has 0 spiro atoms. The lowest BCUT2D eigenvalue weighted by Gasteiger charge is -2.31. The fourth-order valence-electron chi connectivity index (χ4n) is 2.20. The van der Waals surface area contributed by atoms with Gasteiger partial charge in [-0.25, -0.2) is 0 Å². The second-order valence-electron chi connectivity index (χ2n) is 6.63. The van der Waals surface area contributed by atoms with Crippen LogP contribution in [0.3, 0.4) is 0 Å². The number of nitrogens with one attached hydrogen (secondary N) is 1. The number of nitrogens with zero attached hydrogens (tertiary/aromatic N) is 1. The van der Waals surface area contributed by atoms with E-state index in [1.807, 2.05) is 0 Å². The summed E-state index contributed by atoms with van der Waals surface area (Å²) in [5.41, 5.74) is 0.371. The summed E-state index contributed by atoms with van der Waals surface area (Å²) in [6.07, 6.45) is 4.01. The molecule has 0 aliphatic rings. The minimum atomic E-state index is 0.371. The van der Waals surface area contributed by atoms with Crippen LogP contribution < -0.4 is 5.32 Å². The molecular formula is C15H34N2. The zero-order chi connectivity index (χ0) is 13.3. The van der Waals surface area contributed by atoms with Crippen LogP contribution in [0.1, 0.15) is 53.9 Å². The van der Waals surface area contributed by atoms with Gasteiger partial charge in [0.25, 0.3) is 0 Å². The summed E-state index contributed by atoms with van der Waals surface area (Å²) in [6.45, 7) is 16.2. The predicted octanol–water partition coefficient (Wildman–Crippen LogP) is 3.38. The summed E-state index contributed by atoms with van der Waals surface area (Å²) in [7, 11) is 2.25. The van der Waals surface area contributed by atoms with Crippen LogP contribution >= 0.6 is 0 Å². The highest BCUT2D eigenvalue weighted by atomic mass is 15.1. The molecule has 0 saturated carbocycles. The molecule has 0 amide bonds. The molecule has 0 heterocycles. The average Bonchev–Trinajstić information content (AvgIpc) is 2.16. The Morgan fingerprint density at radius 3 is 2.35 bits per heavy atom. The van der Waals surface area contributed by atoms with Crippen molar-refractivity contribution in [1.82, 2.24) is 10.2 Å². The molecule has 0 aromatic carbocycles. The molecule has 0 unspecified atom stereocenters. The van der Waals surface area contributed by atoms with Crippen molar-refractivity contribution in [2.24, 2.45) is 11.3 Å². The average molecular weight is 242 g/mol. The van der Waals surface area contributed by atoms with Crippen molar-refractivity contribution >= 4 is 0 Å². The topological polar surface area (TPSA) is 15.3 Å². The van der Waals surface area contributed by atoms with Gasteiger partial charge in [-0.2, -0.15) is 0 Å². The zero-order valence-corrected chi connectivity index (χ0v) is 13.0. The van der Waals surface area contributed by atoms with Crippen LogP contribution in [-0.4, -0.2) is 38.1 Å². The Labute approximate surface area is 109 Å². The lowest BCUT2D eigenvalue weighted by molar-refractivity contribution is 0.200. The Bertz CT molecular complexity index is 176. The summed E-state index contributed by atoms with van der Waals surface area (Å²) in [5, 5.41) is 3.57. The lowest BCUT2D eigenvalue weighted by Crippen LogP contribution is -2.40. The Hall–Kier alpha value is -0.0800. The summed E-state index contributed by atoms with van der Waals surface area (Å²) in [6, 6.07) is 0.